The summed E-state index contributed by atoms with van der Waals surface area (Å²) in [6.07, 6.45) is 7.01. The maximum Gasteiger partial charge on any atom is -0.00575 e. The Morgan fingerprint density at radius 2 is 1.65 bits per heavy atom. The van der Waals surface area contributed by atoms with Crippen LogP contribution in [0.1, 0.15) is 56.4 Å². The van der Waals surface area contributed by atoms with E-state index >= 15 is 0 Å². The van der Waals surface area contributed by atoms with Gasteiger partial charge in [0.2, 0.25) is 0 Å². The van der Waals surface area contributed by atoms with Gasteiger partial charge in [-0.1, -0.05) is 75.7 Å². The van der Waals surface area contributed by atoms with E-state index in [9.17, 15) is 0 Å². The lowest BCUT2D eigenvalue weighted by Gasteiger charge is -2.16. The van der Waals surface area contributed by atoms with Gasteiger partial charge < -0.3 is 0 Å². The monoisotopic (exact) mass is 304 g/mol. The van der Waals surface area contributed by atoms with Gasteiger partial charge >= 0.3 is 0 Å². The second-order valence-corrected chi connectivity index (χ2v) is 7.11. The minimum atomic E-state index is 0.729. The summed E-state index contributed by atoms with van der Waals surface area (Å²) in [5, 5.41) is 0. The van der Waals surface area contributed by atoms with Crippen LogP contribution in [0.3, 0.4) is 0 Å². The zero-order chi connectivity index (χ0) is 16.4. The van der Waals surface area contributed by atoms with E-state index in [4.69, 9.17) is 0 Å². The second kappa shape index (κ2) is 6.74. The Morgan fingerprint density at radius 3 is 2.35 bits per heavy atom. The lowest BCUT2D eigenvalue weighted by molar-refractivity contribution is 0.638. The third kappa shape index (κ3) is 3.13. The lowest BCUT2D eigenvalue weighted by Crippen LogP contribution is -1.97. The van der Waals surface area contributed by atoms with Crippen LogP contribution in [0, 0.1) is 5.92 Å². The lowest BCUT2D eigenvalue weighted by atomic mass is 9.88. The van der Waals surface area contributed by atoms with Crippen molar-refractivity contribution in [3.8, 4) is 11.1 Å². The molecule has 1 aliphatic carbocycles. The Bertz CT molecular complexity index is 732. The molecule has 0 atom stereocenters. The van der Waals surface area contributed by atoms with Gasteiger partial charge in [-0.25, -0.2) is 0 Å². The van der Waals surface area contributed by atoms with Gasteiger partial charge in [0, 0.05) is 0 Å². The Balaban J connectivity index is 2.17. The molecule has 0 unspecified atom stereocenters. The van der Waals surface area contributed by atoms with Crippen LogP contribution in [0.4, 0.5) is 0 Å². The molecule has 23 heavy (non-hydrogen) atoms. The van der Waals surface area contributed by atoms with Crippen molar-refractivity contribution < 1.29 is 0 Å². The fourth-order valence-electron chi connectivity index (χ4n) is 3.87. The van der Waals surface area contributed by atoms with E-state index in [1.54, 1.807) is 5.57 Å². The van der Waals surface area contributed by atoms with Crippen LogP contribution in [0.5, 0.6) is 0 Å². The molecule has 3 rings (SSSR count). The standard InChI is InChI=1S/C23H28/c1-5-18-9-7-8-10-21(18)23-19(6-2)11-12-20-14-17(13-16(3)4)15-22(20)23/h7-12,15-16H,5-6,13-14H2,1-4H3. The molecule has 1 aliphatic rings. The van der Waals surface area contributed by atoms with E-state index in [1.165, 1.54) is 39.8 Å². The number of hydrogen-bond donors (Lipinski definition) is 0. The molecule has 0 saturated heterocycles. The predicted octanol–water partition coefficient (Wildman–Crippen LogP) is 6.46. The van der Waals surface area contributed by atoms with Crippen LogP contribution in [0.15, 0.2) is 42.0 Å². The van der Waals surface area contributed by atoms with Crippen molar-refractivity contribution in [3.63, 3.8) is 0 Å². The molecule has 0 heteroatoms. The van der Waals surface area contributed by atoms with Gasteiger partial charge in [0.15, 0.2) is 0 Å². The SMILES string of the molecule is CCc1ccccc1-c1c(CC)ccc2c1C=C(CC(C)C)C2. The summed E-state index contributed by atoms with van der Waals surface area (Å²) in [5.41, 5.74) is 10.5. The normalized spacial score (nSPS) is 13.3. The Morgan fingerprint density at radius 1 is 0.913 bits per heavy atom. The van der Waals surface area contributed by atoms with Crippen molar-refractivity contribution in [2.45, 2.75) is 53.4 Å². The van der Waals surface area contributed by atoms with E-state index < -0.39 is 0 Å². The smallest absolute Gasteiger partial charge is 0.00575 e. The highest BCUT2D eigenvalue weighted by atomic mass is 14.2. The van der Waals surface area contributed by atoms with Crippen LogP contribution in [0.2, 0.25) is 0 Å². The molecule has 0 spiro atoms. The molecule has 120 valence electrons. The summed E-state index contributed by atoms with van der Waals surface area (Å²) in [4.78, 5) is 0. The number of hydrogen-bond acceptors (Lipinski definition) is 0. The second-order valence-electron chi connectivity index (χ2n) is 7.11. The van der Waals surface area contributed by atoms with Gasteiger partial charge in [0.05, 0.1) is 0 Å². The highest BCUT2D eigenvalue weighted by molar-refractivity contribution is 5.84. The van der Waals surface area contributed by atoms with E-state index in [0.29, 0.717) is 0 Å². The summed E-state index contributed by atoms with van der Waals surface area (Å²) >= 11 is 0. The van der Waals surface area contributed by atoms with E-state index in [0.717, 1.165) is 25.2 Å². The predicted molar refractivity (Wildman–Crippen MR) is 102 cm³/mol. The minimum Gasteiger partial charge on any atom is -0.0649 e. The number of rotatable bonds is 5. The summed E-state index contributed by atoms with van der Waals surface area (Å²) in [7, 11) is 0. The molecule has 0 aromatic heterocycles. The fraction of sp³-hybridized carbons (Fsp3) is 0.391. The first-order valence-electron chi connectivity index (χ1n) is 9.06. The van der Waals surface area contributed by atoms with Crippen molar-refractivity contribution in [2.75, 3.05) is 0 Å². The number of benzene rings is 2. The third-order valence-corrected chi connectivity index (χ3v) is 4.91. The maximum absolute atomic E-state index is 2.48. The Kier molecular flexibility index (Phi) is 4.71. The molecule has 0 amide bonds. The van der Waals surface area contributed by atoms with Crippen molar-refractivity contribution in [3.05, 3.63) is 64.2 Å². The van der Waals surface area contributed by atoms with Gasteiger partial charge in [0.25, 0.3) is 0 Å². The average molecular weight is 304 g/mol. The molecule has 0 saturated carbocycles. The average Bonchev–Trinajstić information content (AvgIpc) is 2.95. The van der Waals surface area contributed by atoms with Gasteiger partial charge in [-0.05, 0) is 65.0 Å². The zero-order valence-electron chi connectivity index (χ0n) is 14.9. The summed E-state index contributed by atoms with van der Waals surface area (Å²) in [6.45, 7) is 9.16. The van der Waals surface area contributed by atoms with Crippen molar-refractivity contribution in [1.82, 2.24) is 0 Å². The van der Waals surface area contributed by atoms with Gasteiger partial charge in [-0.3, -0.25) is 0 Å². The Labute approximate surface area is 141 Å². The van der Waals surface area contributed by atoms with Gasteiger partial charge in [-0.15, -0.1) is 0 Å². The quantitative estimate of drug-likeness (QED) is 0.594. The first kappa shape index (κ1) is 16.1. The number of fused-ring (bicyclic) bond motifs is 1. The minimum absolute atomic E-state index is 0.729. The van der Waals surface area contributed by atoms with Gasteiger partial charge in [-0.2, -0.15) is 0 Å². The topological polar surface area (TPSA) is 0 Å². The molecule has 0 nitrogen and oxygen atoms in total. The molecule has 2 aromatic carbocycles. The molecule has 2 aromatic rings. The van der Waals surface area contributed by atoms with E-state index in [-0.39, 0.29) is 0 Å². The van der Waals surface area contributed by atoms with Crippen LogP contribution in [-0.2, 0) is 19.3 Å². The molecule has 0 N–H and O–H groups in total. The van der Waals surface area contributed by atoms with Crippen LogP contribution < -0.4 is 0 Å². The summed E-state index contributed by atoms with van der Waals surface area (Å²) < 4.78 is 0. The molecule has 0 aliphatic heterocycles. The summed E-state index contributed by atoms with van der Waals surface area (Å²) in [6, 6.07) is 13.6. The molecule has 0 fully saturated rings. The number of allylic oxidation sites excluding steroid dienone is 1. The van der Waals surface area contributed by atoms with Crippen LogP contribution in [-0.4, -0.2) is 0 Å². The largest absolute Gasteiger partial charge is 0.0649 e. The molecule has 0 bridgehead atoms. The highest BCUT2D eigenvalue weighted by Crippen LogP contribution is 2.39. The highest BCUT2D eigenvalue weighted by Gasteiger charge is 2.20. The van der Waals surface area contributed by atoms with E-state index in [2.05, 4.69) is 70.2 Å². The summed E-state index contributed by atoms with van der Waals surface area (Å²) in [5.74, 6) is 0.729. The first-order chi connectivity index (χ1) is 11.1. The molecule has 0 heterocycles. The zero-order valence-corrected chi connectivity index (χ0v) is 14.9. The third-order valence-electron chi connectivity index (χ3n) is 4.91. The van der Waals surface area contributed by atoms with Crippen molar-refractivity contribution >= 4 is 6.08 Å². The van der Waals surface area contributed by atoms with Crippen molar-refractivity contribution in [2.24, 2.45) is 5.92 Å². The van der Waals surface area contributed by atoms with Gasteiger partial charge in [0.1, 0.15) is 0 Å². The van der Waals surface area contributed by atoms with Crippen LogP contribution in [0.25, 0.3) is 17.2 Å². The molecular weight excluding hydrogens is 276 g/mol. The fourth-order valence-corrected chi connectivity index (χ4v) is 3.87. The molecular formula is C23H28. The van der Waals surface area contributed by atoms with Crippen molar-refractivity contribution in [1.29, 1.82) is 0 Å². The maximum atomic E-state index is 2.48. The van der Waals surface area contributed by atoms with Crippen LogP contribution >= 0.6 is 0 Å². The first-order valence-corrected chi connectivity index (χ1v) is 9.06. The number of aryl methyl sites for hydroxylation is 2. The Hall–Kier alpha value is -1.82. The van der Waals surface area contributed by atoms with E-state index in [1.807, 2.05) is 0 Å². The molecule has 0 radical (unpaired) electrons.